The maximum atomic E-state index is 4.24. The van der Waals surface area contributed by atoms with Crippen LogP contribution in [0, 0.1) is 18.2 Å². The Morgan fingerprint density at radius 3 is 1.77 bits per heavy atom. The number of rotatable bonds is 2. The van der Waals surface area contributed by atoms with Crippen LogP contribution in [-0.4, -0.2) is 4.98 Å². The molecule has 1 heterocycles. The van der Waals surface area contributed by atoms with Gasteiger partial charge in [0.05, 0.1) is 0 Å². The van der Waals surface area contributed by atoms with Crippen LogP contribution in [0.2, 0.25) is 0 Å². The zero-order chi connectivity index (χ0) is 17.3. The molecule has 128 valence electrons. The number of halogens is 1. The molecule has 3 heteroatoms. The Labute approximate surface area is 176 Å². The molecule has 4 rings (SSSR count). The molecule has 0 atom stereocenters. The summed E-state index contributed by atoms with van der Waals surface area (Å²) in [5.74, 6) is 0. The molecule has 0 aliphatic carbocycles. The van der Waals surface area contributed by atoms with Crippen molar-refractivity contribution in [1.29, 1.82) is 0 Å². The maximum absolute atomic E-state index is 4.24. The molecule has 1 aromatic heterocycles. The van der Waals surface area contributed by atoms with Crippen molar-refractivity contribution in [3.8, 4) is 22.4 Å². The summed E-state index contributed by atoms with van der Waals surface area (Å²) in [7, 11) is 0. The zero-order valence-corrected chi connectivity index (χ0v) is 17.8. The van der Waals surface area contributed by atoms with E-state index in [0.29, 0.717) is 0 Å². The van der Waals surface area contributed by atoms with Crippen LogP contribution >= 0.6 is 15.9 Å². The summed E-state index contributed by atoms with van der Waals surface area (Å²) in [6.07, 6.45) is 1.78. The first-order chi connectivity index (χ1) is 12.3. The molecule has 0 amide bonds. The van der Waals surface area contributed by atoms with Crippen molar-refractivity contribution in [2.75, 3.05) is 0 Å². The summed E-state index contributed by atoms with van der Waals surface area (Å²) >= 11 is 3.41. The number of benzene rings is 3. The van der Waals surface area contributed by atoms with Crippen molar-refractivity contribution in [2.24, 2.45) is 0 Å². The van der Waals surface area contributed by atoms with Crippen LogP contribution in [0.4, 0.5) is 0 Å². The van der Waals surface area contributed by atoms with Gasteiger partial charge in [-0.15, -0.1) is 42.0 Å². The van der Waals surface area contributed by atoms with Gasteiger partial charge in [-0.1, -0.05) is 32.5 Å². The van der Waals surface area contributed by atoms with Gasteiger partial charge in [0.1, 0.15) is 0 Å². The van der Waals surface area contributed by atoms with Gasteiger partial charge in [0.15, 0.2) is 0 Å². The molecule has 26 heavy (non-hydrogen) atoms. The van der Waals surface area contributed by atoms with Crippen molar-refractivity contribution in [3.63, 3.8) is 0 Å². The Kier molecular flexibility index (Phi) is 8.43. The van der Waals surface area contributed by atoms with Gasteiger partial charge >= 0.3 is 20.1 Å². The maximum Gasteiger partial charge on any atom is 3.00 e. The number of nitrogens with zero attached hydrogens (tertiary/aromatic N) is 1. The Morgan fingerprint density at radius 1 is 0.654 bits per heavy atom. The Bertz CT molecular complexity index is 859. The van der Waals surface area contributed by atoms with E-state index >= 15 is 0 Å². The Hall–Kier alpha value is -2.06. The van der Waals surface area contributed by atoms with Crippen LogP contribution in [0.15, 0.2) is 95.6 Å². The molecular formula is C23H15BrIrN. The zero-order valence-electron chi connectivity index (χ0n) is 13.8. The molecule has 0 spiro atoms. The van der Waals surface area contributed by atoms with Crippen molar-refractivity contribution in [2.45, 2.75) is 0 Å². The third-order valence-electron chi connectivity index (χ3n) is 3.41. The second kappa shape index (κ2) is 10.8. The van der Waals surface area contributed by atoms with Crippen LogP contribution in [0.5, 0.6) is 0 Å². The van der Waals surface area contributed by atoms with Crippen LogP contribution in [0.1, 0.15) is 0 Å². The molecule has 0 saturated heterocycles. The van der Waals surface area contributed by atoms with E-state index in [4.69, 9.17) is 0 Å². The van der Waals surface area contributed by atoms with E-state index in [9.17, 15) is 0 Å². The van der Waals surface area contributed by atoms with E-state index < -0.39 is 0 Å². The van der Waals surface area contributed by atoms with Crippen molar-refractivity contribution in [1.82, 2.24) is 4.98 Å². The van der Waals surface area contributed by atoms with Crippen molar-refractivity contribution >= 4 is 15.9 Å². The van der Waals surface area contributed by atoms with E-state index in [0.717, 1.165) is 26.9 Å². The quantitative estimate of drug-likeness (QED) is 0.256. The summed E-state index contributed by atoms with van der Waals surface area (Å²) in [5.41, 5.74) is 4.15. The van der Waals surface area contributed by atoms with Gasteiger partial charge in [0.2, 0.25) is 0 Å². The first-order valence-corrected chi connectivity index (χ1v) is 8.65. The SMILES string of the molecule is Brc1cc[c-]c(-c2ccccn2)c1.[Ir+3].[c-]1ccccc1-c1[c-]cccc1. The fourth-order valence-corrected chi connectivity index (χ4v) is 2.59. The first kappa shape index (κ1) is 20.3. The van der Waals surface area contributed by atoms with Gasteiger partial charge < -0.3 is 4.98 Å². The van der Waals surface area contributed by atoms with E-state index in [1.54, 1.807) is 6.20 Å². The third kappa shape index (κ3) is 6.03. The van der Waals surface area contributed by atoms with Gasteiger partial charge in [-0.05, 0) is 11.8 Å². The largest absolute Gasteiger partial charge is 3.00 e. The summed E-state index contributed by atoms with van der Waals surface area (Å²) in [6, 6.07) is 37.0. The second-order valence-corrected chi connectivity index (χ2v) is 6.10. The second-order valence-electron chi connectivity index (χ2n) is 5.19. The minimum Gasteiger partial charge on any atom is -0.305 e. The fourth-order valence-electron chi connectivity index (χ4n) is 2.23. The molecule has 0 aliphatic rings. The first-order valence-electron chi connectivity index (χ1n) is 7.85. The molecule has 0 fully saturated rings. The smallest absolute Gasteiger partial charge is 0.305 e. The van der Waals surface area contributed by atoms with Crippen LogP contribution < -0.4 is 0 Å². The number of hydrogen-bond donors (Lipinski definition) is 0. The predicted molar refractivity (Wildman–Crippen MR) is 106 cm³/mol. The fraction of sp³-hybridized carbons (Fsp3) is 0. The molecule has 0 bridgehead atoms. The van der Waals surface area contributed by atoms with Crippen molar-refractivity contribution in [3.05, 3.63) is 114 Å². The van der Waals surface area contributed by atoms with Crippen LogP contribution in [-0.2, 0) is 20.1 Å². The monoisotopic (exact) mass is 577 g/mol. The molecule has 0 aliphatic heterocycles. The minimum absolute atomic E-state index is 0. The van der Waals surface area contributed by atoms with Crippen molar-refractivity contribution < 1.29 is 20.1 Å². The molecule has 0 saturated carbocycles. The standard InChI is InChI=1S/C12H8.C11H7BrN.Ir/c1-3-7-11(8-4-1)12-9-5-2-6-10-12;12-10-5-3-4-9(8-10)11-6-1-2-7-13-11;/h1-7,9H;1-3,5-8H;/q-2;-1;+3. The van der Waals surface area contributed by atoms with E-state index in [1.807, 2.05) is 84.9 Å². The molecule has 0 radical (unpaired) electrons. The van der Waals surface area contributed by atoms with Gasteiger partial charge in [-0.25, -0.2) is 11.1 Å². The molecule has 4 aromatic rings. The summed E-state index contributed by atoms with van der Waals surface area (Å²) in [4.78, 5) is 4.24. The molecule has 1 nitrogen and oxygen atoms in total. The predicted octanol–water partition coefficient (Wildman–Crippen LogP) is 6.26. The Morgan fingerprint density at radius 2 is 1.27 bits per heavy atom. The van der Waals surface area contributed by atoms with E-state index in [2.05, 4.69) is 39.1 Å². The van der Waals surface area contributed by atoms with Gasteiger partial charge in [0.25, 0.3) is 0 Å². The minimum atomic E-state index is 0. The summed E-state index contributed by atoms with van der Waals surface area (Å²) in [6.45, 7) is 0. The van der Waals surface area contributed by atoms with Crippen LogP contribution in [0.3, 0.4) is 0 Å². The molecule has 3 aromatic carbocycles. The van der Waals surface area contributed by atoms with Gasteiger partial charge in [0, 0.05) is 6.20 Å². The number of aromatic nitrogens is 1. The molecule has 0 N–H and O–H groups in total. The molecular weight excluding hydrogens is 562 g/mol. The summed E-state index contributed by atoms with van der Waals surface area (Å²) < 4.78 is 1.05. The average molecular weight is 578 g/mol. The van der Waals surface area contributed by atoms with Gasteiger partial charge in [-0.3, -0.25) is 0 Å². The van der Waals surface area contributed by atoms with E-state index in [1.165, 1.54) is 0 Å². The third-order valence-corrected chi connectivity index (χ3v) is 3.91. The number of hydrogen-bond acceptors (Lipinski definition) is 1. The summed E-state index contributed by atoms with van der Waals surface area (Å²) in [5, 5.41) is 0. The topological polar surface area (TPSA) is 12.9 Å². The van der Waals surface area contributed by atoms with E-state index in [-0.39, 0.29) is 20.1 Å². The molecule has 0 unspecified atom stereocenters. The Balaban J connectivity index is 0.000000180. The normalized spacial score (nSPS) is 9.42. The van der Waals surface area contributed by atoms with Gasteiger partial charge in [-0.2, -0.15) is 48.5 Å². The van der Waals surface area contributed by atoms with Crippen LogP contribution in [0.25, 0.3) is 22.4 Å². The average Bonchev–Trinajstić information content (AvgIpc) is 2.71. The number of pyridine rings is 1.